The molecule has 23 heteroatoms. The summed E-state index contributed by atoms with van der Waals surface area (Å²) in [7, 11) is -8.14. The molecule has 0 saturated heterocycles. The van der Waals surface area contributed by atoms with E-state index in [2.05, 4.69) is 16.4 Å². The van der Waals surface area contributed by atoms with Crippen molar-refractivity contribution in [2.75, 3.05) is 42.0 Å². The summed E-state index contributed by atoms with van der Waals surface area (Å²) in [6, 6.07) is 4.41. The van der Waals surface area contributed by atoms with Gasteiger partial charge in [-0.2, -0.15) is 13.2 Å². The molecule has 1 saturated carbocycles. The highest BCUT2D eigenvalue weighted by atomic mass is 32.2. The number of aromatic nitrogens is 1. The second kappa shape index (κ2) is 17.9. The number of nitrogens with zero attached hydrogens (tertiary/aromatic N) is 3. The van der Waals surface area contributed by atoms with Crippen molar-refractivity contribution in [3.8, 4) is 18.1 Å². The van der Waals surface area contributed by atoms with Crippen LogP contribution in [0.25, 0.3) is 0 Å². The summed E-state index contributed by atoms with van der Waals surface area (Å²) in [4.78, 5) is 77.7. The van der Waals surface area contributed by atoms with Crippen LogP contribution in [0.5, 0.6) is 5.75 Å². The van der Waals surface area contributed by atoms with Crippen molar-refractivity contribution >= 4 is 58.3 Å². The normalized spacial score (nSPS) is 16.5. The van der Waals surface area contributed by atoms with E-state index in [9.17, 15) is 54.5 Å². The van der Waals surface area contributed by atoms with Crippen molar-refractivity contribution < 1.29 is 78.7 Å². The van der Waals surface area contributed by atoms with Gasteiger partial charge in [0, 0.05) is 34.9 Å². The van der Waals surface area contributed by atoms with Crippen molar-refractivity contribution in [2.45, 2.75) is 55.5 Å². The minimum atomic E-state index is -4.71. The van der Waals surface area contributed by atoms with Crippen molar-refractivity contribution in [1.29, 1.82) is 0 Å². The van der Waals surface area contributed by atoms with Gasteiger partial charge in [0.1, 0.15) is 5.75 Å². The third kappa shape index (κ3) is 10.5. The zero-order valence-electron chi connectivity index (χ0n) is 31.3. The Balaban J connectivity index is 0.000000187. The number of alkyl halides is 3. The minimum absolute atomic E-state index is 0.0170. The first-order valence-corrected chi connectivity index (χ1v) is 21.4. The molecule has 320 valence electrons. The number of fused-ring (bicyclic) bond motifs is 1. The lowest BCUT2D eigenvalue weighted by Crippen LogP contribution is -2.39. The summed E-state index contributed by atoms with van der Waals surface area (Å²) in [5.74, 6) is -1.06. The number of amides is 3. The molecule has 0 spiro atoms. The van der Waals surface area contributed by atoms with E-state index in [-0.39, 0.29) is 53.2 Å². The van der Waals surface area contributed by atoms with Gasteiger partial charge in [0.25, 0.3) is 17.7 Å². The van der Waals surface area contributed by atoms with E-state index in [1.165, 1.54) is 17.2 Å². The molecule has 0 radical (unpaired) electrons. The molecule has 2 aliphatic carbocycles. The molecular weight excluding hydrogens is 847 g/mol. The van der Waals surface area contributed by atoms with E-state index in [1.54, 1.807) is 0 Å². The summed E-state index contributed by atoms with van der Waals surface area (Å²) >= 11 is 0. The number of anilines is 2. The van der Waals surface area contributed by atoms with Crippen LogP contribution in [0.4, 0.5) is 28.9 Å². The van der Waals surface area contributed by atoms with Crippen LogP contribution in [-0.2, 0) is 39.8 Å². The van der Waals surface area contributed by atoms with Crippen molar-refractivity contribution in [3.63, 3.8) is 0 Å². The van der Waals surface area contributed by atoms with Crippen LogP contribution < -0.4 is 19.9 Å². The molecule has 1 aromatic heterocycles. The number of hydrogen-bond acceptors (Lipinski definition) is 12. The Morgan fingerprint density at radius 2 is 1.67 bits per heavy atom. The maximum absolute atomic E-state index is 14.7. The van der Waals surface area contributed by atoms with Crippen molar-refractivity contribution in [3.05, 3.63) is 75.9 Å². The molecule has 2 aromatic carbocycles. The molecular formula is C37H35F4N4O13PS. The molecule has 3 aromatic rings. The number of carbonyl (C=O) groups excluding carboxylic acids is 4. The largest absolute Gasteiger partial charge is 0.481 e. The van der Waals surface area contributed by atoms with Gasteiger partial charge < -0.3 is 24.2 Å². The first-order valence-electron chi connectivity index (χ1n) is 17.7. The van der Waals surface area contributed by atoms with Gasteiger partial charge >= 0.3 is 19.7 Å². The number of ketones is 1. The van der Waals surface area contributed by atoms with Crippen LogP contribution in [0.2, 0.25) is 0 Å². The number of carbonyl (C=O) groups is 5. The molecule has 4 aliphatic rings. The Bertz CT molecular complexity index is 2460. The van der Waals surface area contributed by atoms with E-state index < -0.39 is 76.3 Å². The lowest BCUT2D eigenvalue weighted by atomic mass is 9.93. The van der Waals surface area contributed by atoms with Crippen LogP contribution >= 0.6 is 7.60 Å². The number of imide groups is 1. The summed E-state index contributed by atoms with van der Waals surface area (Å²) in [5.41, 5.74) is -0.378. The number of carboxylic acid groups (broad SMARTS) is 1. The van der Waals surface area contributed by atoms with Gasteiger partial charge in [0.15, 0.2) is 33.8 Å². The molecule has 60 heavy (non-hydrogen) atoms. The highest BCUT2D eigenvalue weighted by Crippen LogP contribution is 2.44. The predicted molar refractivity (Wildman–Crippen MR) is 200 cm³/mol. The van der Waals surface area contributed by atoms with E-state index in [0.29, 0.717) is 41.9 Å². The summed E-state index contributed by atoms with van der Waals surface area (Å²) in [5, 5.41) is 13.6. The fraction of sp³-hybridized carbons (Fsp3) is 0.351. The first-order chi connectivity index (χ1) is 28.0. The number of terminal acetylenes is 1. The van der Waals surface area contributed by atoms with Crippen LogP contribution in [0.1, 0.15) is 71.7 Å². The average molecular weight is 883 g/mol. The maximum Gasteiger partial charge on any atom is 0.416 e. The fourth-order valence-corrected chi connectivity index (χ4v) is 7.62. The lowest BCUT2D eigenvalue weighted by molar-refractivity contribution is -0.138. The van der Waals surface area contributed by atoms with Gasteiger partial charge in [-0.3, -0.25) is 38.8 Å². The summed E-state index contributed by atoms with van der Waals surface area (Å²) < 4.78 is 97.3. The van der Waals surface area contributed by atoms with Crippen molar-refractivity contribution in [2.24, 2.45) is 0 Å². The Labute approximate surface area is 338 Å². The van der Waals surface area contributed by atoms with Crippen LogP contribution in [0.15, 0.2) is 57.1 Å². The minimum Gasteiger partial charge on any atom is -0.481 e. The van der Waals surface area contributed by atoms with Gasteiger partial charge in [-0.15, -0.1) is 6.42 Å². The number of rotatable bonds is 10. The Morgan fingerprint density at radius 1 is 1.03 bits per heavy atom. The number of benzene rings is 2. The number of carboxylic acids is 1. The van der Waals surface area contributed by atoms with Crippen LogP contribution in [-0.4, -0.2) is 90.2 Å². The molecule has 0 bridgehead atoms. The number of aliphatic carboxylic acids is 1. The smallest absolute Gasteiger partial charge is 0.416 e. The van der Waals surface area contributed by atoms with Gasteiger partial charge in [0.2, 0.25) is 0 Å². The van der Waals surface area contributed by atoms with Gasteiger partial charge in [-0.25, -0.2) is 17.7 Å². The Kier molecular flexibility index (Phi) is 13.5. The average Bonchev–Trinajstić information content (AvgIpc) is 3.84. The molecule has 3 amide bonds. The third-order valence-electron chi connectivity index (χ3n) is 9.19. The molecule has 4 N–H and O–H groups in total. The topological polar surface area (TPSA) is 251 Å². The number of nitrogens with one attached hydrogen (secondary N) is 1. The number of sulfone groups is 1. The van der Waals surface area contributed by atoms with Crippen LogP contribution in [0.3, 0.4) is 0 Å². The second-order valence-electron chi connectivity index (χ2n) is 13.7. The highest BCUT2D eigenvalue weighted by Gasteiger charge is 2.42. The lowest BCUT2D eigenvalue weighted by Gasteiger charge is -2.29. The Hall–Kier alpha value is -5.72. The molecule has 17 nitrogen and oxygen atoms in total. The molecule has 3 heterocycles. The molecule has 7 rings (SSSR count). The maximum atomic E-state index is 14.7. The summed E-state index contributed by atoms with van der Waals surface area (Å²) in [6.45, 7) is -0.701. The molecule has 2 aliphatic heterocycles. The number of ether oxygens (including phenoxy) is 1. The molecule has 1 fully saturated rings. The number of halogens is 4. The number of hydrogen-bond donors (Lipinski definition) is 4. The van der Waals surface area contributed by atoms with E-state index >= 15 is 0 Å². The fourth-order valence-electron chi connectivity index (χ4n) is 6.31. The SMILES string of the molecule is C#CCN1C(=O)COc2cc(F)c(N3C(=O)C4=C(CCCC4)C3=O)cc21.CS(=O)(=O)c1cc(C(F)(F)F)ccc1C(=O)c1cnoc1C1CC1.O=C(O)CNCP(=O)(O)O. The highest BCUT2D eigenvalue weighted by molar-refractivity contribution is 7.90. The van der Waals surface area contributed by atoms with E-state index in [0.717, 1.165) is 49.0 Å². The first kappa shape index (κ1) is 45.4. The van der Waals surface area contributed by atoms with Gasteiger partial charge in [-0.05, 0) is 62.8 Å². The summed E-state index contributed by atoms with van der Waals surface area (Å²) in [6.07, 6.45) is 6.27. The Morgan fingerprint density at radius 3 is 2.20 bits per heavy atom. The van der Waals surface area contributed by atoms with Crippen LogP contribution in [0, 0.1) is 18.2 Å². The zero-order chi connectivity index (χ0) is 44.3. The quantitative estimate of drug-likeness (QED) is 0.0741. The van der Waals surface area contributed by atoms with Gasteiger partial charge in [-0.1, -0.05) is 11.1 Å². The monoisotopic (exact) mass is 882 g/mol. The standard InChI is InChI=1S/C19H15FN2O4.C15H12F3NO4S.C3H8NO5P/c1-2-7-21-15-9-14(13(20)8-16(15)26-10-17(21)23)22-18(24)11-5-3-4-6-12(11)19(22)25;1-24(21,22)12-6-9(15(16,17)18)4-5-10(12)13(20)11-7-19-23-14(11)8-2-3-8;5-3(6)1-4-2-10(7,8)9/h1,8-9H,3-7,10H2;4-8H,2-3H2,1H3;4H,1-2H2,(H,5,6)(H2,7,8,9). The third-order valence-corrected chi connectivity index (χ3v) is 11.0. The van der Waals surface area contributed by atoms with E-state index in [1.807, 2.05) is 0 Å². The second-order valence-corrected chi connectivity index (χ2v) is 17.3. The van der Waals surface area contributed by atoms with Gasteiger partial charge in [0.05, 0.1) is 53.0 Å². The van der Waals surface area contributed by atoms with E-state index in [4.69, 9.17) is 30.6 Å². The predicted octanol–water partition coefficient (Wildman–Crippen LogP) is 3.93. The zero-order valence-corrected chi connectivity index (χ0v) is 33.0. The van der Waals surface area contributed by atoms with Crippen molar-refractivity contribution in [1.82, 2.24) is 10.5 Å². The molecule has 0 unspecified atom stereocenters. The molecule has 0 atom stereocenters.